The van der Waals surface area contributed by atoms with Gasteiger partial charge >= 0.3 is 0 Å². The quantitative estimate of drug-likeness (QED) is 0.302. The third-order valence-corrected chi connectivity index (χ3v) is 4.92. The van der Waals surface area contributed by atoms with Crippen molar-refractivity contribution in [3.63, 3.8) is 0 Å². The highest BCUT2D eigenvalue weighted by Gasteiger charge is 2.32. The van der Waals surface area contributed by atoms with Crippen molar-refractivity contribution in [1.82, 2.24) is 4.98 Å². The van der Waals surface area contributed by atoms with Gasteiger partial charge in [0.25, 0.3) is 0 Å². The largest absolute Gasteiger partial charge is 0.256 e. The first kappa shape index (κ1) is 17.5. The van der Waals surface area contributed by atoms with Crippen molar-refractivity contribution in [2.24, 2.45) is 0 Å². The number of hydrogen-bond acceptors (Lipinski definition) is 1. The van der Waals surface area contributed by atoms with Crippen molar-refractivity contribution >= 4 is 5.57 Å². The molecule has 0 spiro atoms. The molecule has 0 saturated heterocycles. The summed E-state index contributed by atoms with van der Waals surface area (Å²) in [6.45, 7) is 1.97. The molecule has 5 heteroatoms. The van der Waals surface area contributed by atoms with E-state index in [1.807, 2.05) is 19.1 Å². The van der Waals surface area contributed by atoms with Gasteiger partial charge in [0.15, 0.2) is 23.3 Å². The second-order valence-electron chi connectivity index (χ2n) is 6.40. The van der Waals surface area contributed by atoms with E-state index in [9.17, 15) is 17.6 Å². The number of halogens is 4. The van der Waals surface area contributed by atoms with Crippen LogP contribution >= 0.6 is 0 Å². The first-order chi connectivity index (χ1) is 13.0. The third kappa shape index (κ3) is 2.65. The first-order valence-corrected chi connectivity index (χ1v) is 8.63. The van der Waals surface area contributed by atoms with Gasteiger partial charge in [0.2, 0.25) is 0 Å². The molecule has 0 radical (unpaired) electrons. The van der Waals surface area contributed by atoms with E-state index in [1.165, 1.54) is 12.3 Å². The minimum Gasteiger partial charge on any atom is -0.256 e. The number of benzene rings is 2. The van der Waals surface area contributed by atoms with Gasteiger partial charge in [0.1, 0.15) is 0 Å². The smallest absolute Gasteiger partial charge is 0.198 e. The second kappa shape index (κ2) is 6.65. The molecule has 27 heavy (non-hydrogen) atoms. The Labute approximate surface area is 154 Å². The minimum atomic E-state index is -1.84. The summed E-state index contributed by atoms with van der Waals surface area (Å²) in [4.78, 5) is 4.03. The molecule has 0 fully saturated rings. The molecule has 136 valence electrons. The molecule has 3 aromatic rings. The van der Waals surface area contributed by atoms with E-state index in [0.29, 0.717) is 11.1 Å². The van der Waals surface area contributed by atoms with Crippen LogP contribution < -0.4 is 0 Å². The van der Waals surface area contributed by atoms with Crippen LogP contribution in [0, 0.1) is 23.3 Å². The number of allylic oxidation sites excluding steroid dienone is 1. The molecule has 0 N–H and O–H groups in total. The lowest BCUT2D eigenvalue weighted by molar-refractivity contribution is 0.409. The summed E-state index contributed by atoms with van der Waals surface area (Å²) < 4.78 is 57.8. The van der Waals surface area contributed by atoms with Crippen LogP contribution in [0.25, 0.3) is 16.8 Å². The topological polar surface area (TPSA) is 12.9 Å². The maximum atomic E-state index is 14.9. The third-order valence-electron chi connectivity index (χ3n) is 4.92. The van der Waals surface area contributed by atoms with Gasteiger partial charge in [-0.2, -0.15) is 0 Å². The van der Waals surface area contributed by atoms with E-state index in [-0.39, 0.29) is 22.7 Å². The summed E-state index contributed by atoms with van der Waals surface area (Å²) in [6, 6.07) is 11.9. The van der Waals surface area contributed by atoms with Gasteiger partial charge < -0.3 is 0 Å². The molecule has 1 aliphatic carbocycles. The lowest BCUT2D eigenvalue weighted by Crippen LogP contribution is -2.07. The van der Waals surface area contributed by atoms with Crippen LogP contribution in [-0.2, 0) is 0 Å². The van der Waals surface area contributed by atoms with Crippen molar-refractivity contribution in [3.8, 4) is 11.3 Å². The molecule has 0 amide bonds. The fourth-order valence-electron chi connectivity index (χ4n) is 3.64. The standard InChI is InChI=1S/C22H15F4N/c1-2-12-11-15(14-8-4-3-7-13(12)14)17-18(16-9-5-6-10-27-16)20(24)22(26)21(25)19(17)23/h3-12H,2H2,1H3. The van der Waals surface area contributed by atoms with E-state index in [2.05, 4.69) is 4.98 Å². The van der Waals surface area contributed by atoms with Crippen LogP contribution in [0.1, 0.15) is 36.0 Å². The average Bonchev–Trinajstić information content (AvgIpc) is 3.08. The number of fused-ring (bicyclic) bond motifs is 1. The van der Waals surface area contributed by atoms with Gasteiger partial charge in [0, 0.05) is 23.2 Å². The lowest BCUT2D eigenvalue weighted by atomic mass is 9.92. The van der Waals surface area contributed by atoms with Crippen LogP contribution in [-0.4, -0.2) is 4.98 Å². The van der Waals surface area contributed by atoms with Crippen molar-refractivity contribution in [2.75, 3.05) is 0 Å². The fourth-order valence-corrected chi connectivity index (χ4v) is 3.64. The molecule has 0 aliphatic heterocycles. The zero-order valence-electron chi connectivity index (χ0n) is 14.4. The number of aromatic nitrogens is 1. The van der Waals surface area contributed by atoms with E-state index in [0.717, 1.165) is 12.0 Å². The second-order valence-corrected chi connectivity index (χ2v) is 6.40. The molecule has 1 atom stereocenters. The molecule has 1 aliphatic rings. The van der Waals surface area contributed by atoms with Crippen LogP contribution in [0.4, 0.5) is 17.6 Å². The Hall–Kier alpha value is -2.95. The van der Waals surface area contributed by atoms with Crippen molar-refractivity contribution < 1.29 is 17.6 Å². The Morgan fingerprint density at radius 1 is 0.815 bits per heavy atom. The summed E-state index contributed by atoms with van der Waals surface area (Å²) in [6.07, 6.45) is 3.92. The van der Waals surface area contributed by atoms with Gasteiger partial charge in [0.05, 0.1) is 5.69 Å². The maximum absolute atomic E-state index is 14.9. The molecule has 1 heterocycles. The summed E-state index contributed by atoms with van der Waals surface area (Å²) in [7, 11) is 0. The average molecular weight is 369 g/mol. The van der Waals surface area contributed by atoms with Gasteiger partial charge in [-0.05, 0) is 35.3 Å². The number of pyridine rings is 1. The van der Waals surface area contributed by atoms with Crippen molar-refractivity contribution in [2.45, 2.75) is 19.3 Å². The molecule has 1 aromatic heterocycles. The highest BCUT2D eigenvalue weighted by molar-refractivity contribution is 5.92. The zero-order valence-corrected chi connectivity index (χ0v) is 14.4. The Kier molecular flexibility index (Phi) is 4.30. The number of hydrogen-bond donors (Lipinski definition) is 0. The Bertz CT molecular complexity index is 1060. The lowest BCUT2D eigenvalue weighted by Gasteiger charge is -2.15. The number of rotatable bonds is 3. The van der Waals surface area contributed by atoms with Crippen molar-refractivity contribution in [1.29, 1.82) is 0 Å². The summed E-state index contributed by atoms with van der Waals surface area (Å²) in [5.74, 6) is -6.52. The predicted molar refractivity (Wildman–Crippen MR) is 96.1 cm³/mol. The number of nitrogens with zero attached hydrogens (tertiary/aromatic N) is 1. The van der Waals surface area contributed by atoms with E-state index < -0.39 is 23.3 Å². The summed E-state index contributed by atoms with van der Waals surface area (Å²) in [5, 5.41) is 0. The predicted octanol–water partition coefficient (Wildman–Crippen LogP) is 6.24. The van der Waals surface area contributed by atoms with Crippen LogP contribution in [0.5, 0.6) is 0 Å². The SMILES string of the molecule is CCC1C=C(c2c(F)c(F)c(F)c(F)c2-c2ccccn2)c2ccccc21. The molecule has 1 nitrogen and oxygen atoms in total. The monoisotopic (exact) mass is 369 g/mol. The van der Waals surface area contributed by atoms with E-state index in [4.69, 9.17) is 0 Å². The summed E-state index contributed by atoms with van der Waals surface area (Å²) >= 11 is 0. The normalized spacial score (nSPS) is 15.6. The van der Waals surface area contributed by atoms with Gasteiger partial charge in [-0.15, -0.1) is 0 Å². The Morgan fingerprint density at radius 2 is 1.48 bits per heavy atom. The van der Waals surface area contributed by atoms with Gasteiger partial charge in [-0.25, -0.2) is 17.6 Å². The molecular weight excluding hydrogens is 354 g/mol. The zero-order chi connectivity index (χ0) is 19.1. The van der Waals surface area contributed by atoms with Gasteiger partial charge in [-0.3, -0.25) is 4.98 Å². The summed E-state index contributed by atoms with van der Waals surface area (Å²) in [5.41, 5.74) is 1.37. The van der Waals surface area contributed by atoms with Crippen LogP contribution in [0.2, 0.25) is 0 Å². The van der Waals surface area contributed by atoms with E-state index >= 15 is 0 Å². The molecule has 2 aromatic carbocycles. The highest BCUT2D eigenvalue weighted by atomic mass is 19.2. The van der Waals surface area contributed by atoms with Crippen LogP contribution in [0.15, 0.2) is 54.7 Å². The Morgan fingerprint density at radius 3 is 2.15 bits per heavy atom. The molecule has 1 unspecified atom stereocenters. The van der Waals surface area contributed by atoms with Gasteiger partial charge in [-0.1, -0.05) is 43.3 Å². The van der Waals surface area contributed by atoms with Crippen LogP contribution in [0.3, 0.4) is 0 Å². The molecule has 0 saturated carbocycles. The molecule has 4 rings (SSSR count). The first-order valence-electron chi connectivity index (χ1n) is 8.63. The fraction of sp³-hybridized carbons (Fsp3) is 0.136. The molecular formula is C22H15F4N. The van der Waals surface area contributed by atoms with E-state index in [1.54, 1.807) is 30.3 Å². The van der Waals surface area contributed by atoms with Crippen molar-refractivity contribution in [3.05, 3.63) is 94.7 Å². The minimum absolute atomic E-state index is 0.0108. The Balaban J connectivity index is 2.08. The maximum Gasteiger partial charge on any atom is 0.198 e. The highest BCUT2D eigenvalue weighted by Crippen LogP contribution is 2.45. The molecule has 0 bridgehead atoms.